The van der Waals surface area contributed by atoms with Gasteiger partial charge in [0.05, 0.1) is 11.5 Å². The largest absolute Gasteiger partial charge is 0.518 e. The summed E-state index contributed by atoms with van der Waals surface area (Å²) in [7, 11) is -6.42. The second-order valence-electron chi connectivity index (χ2n) is 8.12. The summed E-state index contributed by atoms with van der Waals surface area (Å²) in [5, 5.41) is 0. The third-order valence-corrected chi connectivity index (χ3v) is 12.1. The molecule has 0 spiro atoms. The number of carbonyl (C=O) groups excluding carboxylic acids is 2. The smallest absolute Gasteiger partial charge is 0.308 e. The van der Waals surface area contributed by atoms with Crippen molar-refractivity contribution in [2.24, 2.45) is 5.41 Å². The Morgan fingerprint density at radius 2 is 1.53 bits per heavy atom. The molecule has 0 aliphatic carbocycles. The number of benzene rings is 1. The predicted molar refractivity (Wildman–Crippen MR) is 120 cm³/mol. The van der Waals surface area contributed by atoms with Crippen molar-refractivity contribution >= 4 is 30.2 Å². The molecule has 1 aromatic rings. The van der Waals surface area contributed by atoms with E-state index in [-0.39, 0.29) is 4.90 Å². The van der Waals surface area contributed by atoms with E-state index in [9.17, 15) is 18.0 Å². The van der Waals surface area contributed by atoms with Gasteiger partial charge in [0.15, 0.2) is 0 Å². The van der Waals surface area contributed by atoms with Gasteiger partial charge in [-0.25, -0.2) is 0 Å². The zero-order valence-corrected chi connectivity index (χ0v) is 21.1. The molecule has 30 heavy (non-hydrogen) atoms. The molecule has 0 saturated heterocycles. The van der Waals surface area contributed by atoms with Gasteiger partial charge in [0, 0.05) is 0 Å². The van der Waals surface area contributed by atoms with Gasteiger partial charge in [0.25, 0.3) is 18.4 Å². The molecule has 0 aromatic heterocycles. The minimum atomic E-state index is -4.12. The average molecular weight is 457 g/mol. The summed E-state index contributed by atoms with van der Waals surface area (Å²) in [4.78, 5) is 25.2. The van der Waals surface area contributed by atoms with E-state index < -0.39 is 42.2 Å². The Balaban J connectivity index is 3.05. The summed E-state index contributed by atoms with van der Waals surface area (Å²) < 4.78 is 36.3. The number of hydrogen-bond acceptors (Lipinski definition) is 6. The Labute approximate surface area is 182 Å². The Morgan fingerprint density at radius 3 is 1.93 bits per heavy atom. The number of carbonyl (C=O) groups is 2. The molecule has 8 heteroatoms. The van der Waals surface area contributed by atoms with Crippen molar-refractivity contribution in [2.45, 2.75) is 83.8 Å². The standard InChI is InChI=1S/C22H36O6SSi/c1-8-17(5)19-12-14-20(15-13-19)29(25,26)27-16-22(7,18(6)23)21(24)28-30(9-2,10-3)11-4/h12-15,17H,8-11,16H2,1-7H3. The van der Waals surface area contributed by atoms with Crippen molar-refractivity contribution in [1.29, 1.82) is 0 Å². The van der Waals surface area contributed by atoms with Gasteiger partial charge in [0.1, 0.15) is 11.2 Å². The molecule has 1 aromatic carbocycles. The van der Waals surface area contributed by atoms with E-state index in [1.54, 1.807) is 12.1 Å². The van der Waals surface area contributed by atoms with E-state index in [4.69, 9.17) is 8.61 Å². The zero-order valence-electron chi connectivity index (χ0n) is 19.3. The fourth-order valence-corrected chi connectivity index (χ4v) is 6.59. The van der Waals surface area contributed by atoms with Crippen LogP contribution in [0.2, 0.25) is 18.1 Å². The molecule has 0 aliphatic heterocycles. The minimum absolute atomic E-state index is 0.00628. The summed E-state index contributed by atoms with van der Waals surface area (Å²) in [6.07, 6.45) is 0.944. The van der Waals surface area contributed by atoms with Gasteiger partial charge in [-0.05, 0) is 62.0 Å². The molecule has 0 N–H and O–H groups in total. The Bertz CT molecular complexity index is 821. The summed E-state index contributed by atoms with van der Waals surface area (Å²) in [5.74, 6) is -0.867. The lowest BCUT2D eigenvalue weighted by molar-refractivity contribution is -0.153. The van der Waals surface area contributed by atoms with Crippen LogP contribution in [-0.4, -0.2) is 35.1 Å². The van der Waals surface area contributed by atoms with Crippen LogP contribution in [0.1, 0.15) is 66.4 Å². The van der Waals surface area contributed by atoms with Crippen LogP contribution in [0.25, 0.3) is 0 Å². The van der Waals surface area contributed by atoms with Crippen LogP contribution >= 0.6 is 0 Å². The molecular formula is C22H36O6SSi. The molecule has 2 unspecified atom stereocenters. The van der Waals surface area contributed by atoms with Crippen LogP contribution in [0.5, 0.6) is 0 Å². The Kier molecular flexibility index (Phi) is 9.44. The first kappa shape index (κ1) is 26.5. The first-order valence-electron chi connectivity index (χ1n) is 10.6. The molecule has 0 aliphatic rings. The van der Waals surface area contributed by atoms with E-state index in [1.165, 1.54) is 26.0 Å². The lowest BCUT2D eigenvalue weighted by Crippen LogP contribution is -2.48. The third kappa shape index (κ3) is 6.01. The summed E-state index contributed by atoms with van der Waals surface area (Å²) in [5.41, 5.74) is -0.643. The van der Waals surface area contributed by atoms with Gasteiger partial charge < -0.3 is 4.43 Å². The van der Waals surface area contributed by atoms with Gasteiger partial charge in [-0.2, -0.15) is 8.42 Å². The molecule has 0 bridgehead atoms. The maximum atomic E-state index is 12.9. The molecule has 170 valence electrons. The van der Waals surface area contributed by atoms with Crippen LogP contribution in [0.15, 0.2) is 29.2 Å². The maximum Gasteiger partial charge on any atom is 0.308 e. The van der Waals surface area contributed by atoms with E-state index in [0.29, 0.717) is 5.92 Å². The van der Waals surface area contributed by atoms with Gasteiger partial charge in [-0.15, -0.1) is 0 Å². The third-order valence-electron chi connectivity index (χ3n) is 6.32. The van der Waals surface area contributed by atoms with Crippen molar-refractivity contribution in [1.82, 2.24) is 0 Å². The first-order chi connectivity index (χ1) is 13.9. The lowest BCUT2D eigenvalue weighted by atomic mass is 9.88. The minimum Gasteiger partial charge on any atom is -0.518 e. The SMILES string of the molecule is CCC(C)c1ccc(S(=O)(=O)OCC(C)(C(C)=O)C(=O)O[Si](CC)(CC)CC)cc1. The normalized spacial score (nSPS) is 15.3. The van der Waals surface area contributed by atoms with Crippen molar-refractivity contribution < 1.29 is 26.6 Å². The highest BCUT2D eigenvalue weighted by Gasteiger charge is 2.45. The molecule has 0 saturated carbocycles. The number of Topliss-reactive ketones (excluding diaryl/α,β-unsaturated/α-hetero) is 1. The molecule has 0 amide bonds. The fourth-order valence-electron chi connectivity index (χ4n) is 3.04. The first-order valence-corrected chi connectivity index (χ1v) is 14.6. The lowest BCUT2D eigenvalue weighted by Gasteiger charge is -2.33. The molecule has 2 atom stereocenters. The fraction of sp³-hybridized carbons (Fsp3) is 0.636. The maximum absolute atomic E-state index is 12.9. The van der Waals surface area contributed by atoms with Gasteiger partial charge in [-0.3, -0.25) is 13.8 Å². The van der Waals surface area contributed by atoms with Crippen molar-refractivity contribution in [2.75, 3.05) is 6.61 Å². The van der Waals surface area contributed by atoms with Crippen LogP contribution in [0.4, 0.5) is 0 Å². The molecular weight excluding hydrogens is 420 g/mol. The molecule has 6 nitrogen and oxygen atoms in total. The van der Waals surface area contributed by atoms with Crippen LogP contribution in [0, 0.1) is 5.41 Å². The summed E-state index contributed by atoms with van der Waals surface area (Å²) >= 11 is 0. The second-order valence-corrected chi connectivity index (χ2v) is 14.4. The monoisotopic (exact) mass is 456 g/mol. The van der Waals surface area contributed by atoms with Crippen molar-refractivity contribution in [3.63, 3.8) is 0 Å². The van der Waals surface area contributed by atoms with Crippen molar-refractivity contribution in [3.05, 3.63) is 29.8 Å². The Hall–Kier alpha value is -1.51. The number of hydrogen-bond donors (Lipinski definition) is 0. The molecule has 0 radical (unpaired) electrons. The van der Waals surface area contributed by atoms with Crippen LogP contribution < -0.4 is 0 Å². The van der Waals surface area contributed by atoms with Gasteiger partial charge in [-0.1, -0.05) is 46.8 Å². The number of rotatable bonds is 12. The molecule has 1 rings (SSSR count). The second kappa shape index (κ2) is 10.7. The summed E-state index contributed by atoms with van der Waals surface area (Å²) in [6, 6.07) is 8.70. The summed E-state index contributed by atoms with van der Waals surface area (Å²) in [6.45, 7) is 12.1. The highest BCUT2D eigenvalue weighted by Crippen LogP contribution is 2.30. The van der Waals surface area contributed by atoms with Crippen LogP contribution in [0.3, 0.4) is 0 Å². The average Bonchev–Trinajstić information content (AvgIpc) is 2.75. The Morgan fingerprint density at radius 1 is 1.03 bits per heavy atom. The molecule has 0 heterocycles. The quantitative estimate of drug-likeness (QED) is 0.248. The van der Waals surface area contributed by atoms with E-state index in [1.807, 2.05) is 20.8 Å². The zero-order chi connectivity index (χ0) is 23.2. The highest BCUT2D eigenvalue weighted by molar-refractivity contribution is 7.86. The topological polar surface area (TPSA) is 86.7 Å². The van der Waals surface area contributed by atoms with Crippen molar-refractivity contribution in [3.8, 4) is 0 Å². The van der Waals surface area contributed by atoms with E-state index >= 15 is 0 Å². The van der Waals surface area contributed by atoms with Crippen LogP contribution in [-0.2, 0) is 28.3 Å². The van der Waals surface area contributed by atoms with E-state index in [0.717, 1.165) is 30.1 Å². The van der Waals surface area contributed by atoms with Gasteiger partial charge in [0.2, 0.25) is 0 Å². The number of ketones is 1. The van der Waals surface area contributed by atoms with Gasteiger partial charge >= 0.3 is 5.97 Å². The predicted octanol–water partition coefficient (Wildman–Crippen LogP) is 5.05. The molecule has 0 fully saturated rings. The van der Waals surface area contributed by atoms with E-state index in [2.05, 4.69) is 13.8 Å². The highest BCUT2D eigenvalue weighted by atomic mass is 32.2.